The van der Waals surface area contributed by atoms with E-state index >= 15 is 0 Å². The zero-order valence-electron chi connectivity index (χ0n) is 20.3. The molecule has 0 aliphatic heterocycles. The van der Waals surface area contributed by atoms with Crippen LogP contribution in [0.15, 0.2) is 66.7 Å². The maximum absolute atomic E-state index is 12.5. The van der Waals surface area contributed by atoms with Crippen molar-refractivity contribution in [3.8, 4) is 11.5 Å². The molecule has 0 saturated carbocycles. The average Bonchev–Trinajstić information content (AvgIpc) is 3.23. The van der Waals surface area contributed by atoms with Crippen LogP contribution in [0.2, 0.25) is 5.02 Å². The van der Waals surface area contributed by atoms with Crippen LogP contribution < -0.4 is 14.8 Å². The molecule has 7 heteroatoms. The standard InChI is InChI=1S/C28H30ClN3O3/c1-19-16-23(17-20(2)27(19)29)34-15-9-14-32-25-13-8-7-12-24(25)31-28(32)21(3)30-26(33)18-35-22-10-5-4-6-11-22/h4-8,10-13,16-17,21H,9,14-15,18H2,1-3H3,(H,30,33). The van der Waals surface area contributed by atoms with Crippen LogP contribution in [0.4, 0.5) is 0 Å². The first-order valence-electron chi connectivity index (χ1n) is 11.7. The monoisotopic (exact) mass is 491 g/mol. The molecule has 1 N–H and O–H groups in total. The number of rotatable bonds is 10. The maximum atomic E-state index is 12.5. The van der Waals surface area contributed by atoms with Gasteiger partial charge < -0.3 is 19.4 Å². The quantitative estimate of drug-likeness (QED) is 0.275. The molecule has 0 spiro atoms. The van der Waals surface area contributed by atoms with Crippen molar-refractivity contribution >= 4 is 28.5 Å². The summed E-state index contributed by atoms with van der Waals surface area (Å²) in [5.74, 6) is 2.09. The van der Waals surface area contributed by atoms with Gasteiger partial charge in [-0.2, -0.15) is 0 Å². The molecule has 0 radical (unpaired) electrons. The number of carbonyl (C=O) groups excluding carboxylic acids is 1. The predicted octanol–water partition coefficient (Wildman–Crippen LogP) is 6.03. The Balaban J connectivity index is 1.40. The van der Waals surface area contributed by atoms with Crippen molar-refractivity contribution in [1.29, 1.82) is 0 Å². The third kappa shape index (κ3) is 6.14. The van der Waals surface area contributed by atoms with Gasteiger partial charge >= 0.3 is 0 Å². The molecule has 1 amide bonds. The van der Waals surface area contributed by atoms with E-state index in [4.69, 9.17) is 26.1 Å². The lowest BCUT2D eigenvalue weighted by Gasteiger charge is -2.17. The minimum atomic E-state index is -0.281. The van der Waals surface area contributed by atoms with Gasteiger partial charge in [0.05, 0.1) is 23.7 Å². The van der Waals surface area contributed by atoms with E-state index in [1.54, 1.807) is 0 Å². The highest BCUT2D eigenvalue weighted by molar-refractivity contribution is 6.32. The molecule has 1 atom stereocenters. The number of imidazole rings is 1. The van der Waals surface area contributed by atoms with E-state index in [-0.39, 0.29) is 18.6 Å². The van der Waals surface area contributed by atoms with Gasteiger partial charge in [0, 0.05) is 11.6 Å². The van der Waals surface area contributed by atoms with Gasteiger partial charge in [-0.1, -0.05) is 41.9 Å². The third-order valence-electron chi connectivity index (χ3n) is 5.77. The summed E-state index contributed by atoms with van der Waals surface area (Å²) in [4.78, 5) is 17.3. The van der Waals surface area contributed by atoms with Gasteiger partial charge in [0.2, 0.25) is 0 Å². The van der Waals surface area contributed by atoms with Gasteiger partial charge in [0.15, 0.2) is 6.61 Å². The SMILES string of the molecule is Cc1cc(OCCCn2c(C(C)NC(=O)COc3ccccc3)nc3ccccc32)cc(C)c1Cl. The van der Waals surface area contributed by atoms with Gasteiger partial charge in [-0.25, -0.2) is 4.98 Å². The van der Waals surface area contributed by atoms with E-state index in [1.165, 1.54) is 0 Å². The van der Waals surface area contributed by atoms with E-state index in [1.807, 2.05) is 87.5 Å². The molecule has 1 unspecified atom stereocenters. The molecule has 182 valence electrons. The lowest BCUT2D eigenvalue weighted by Crippen LogP contribution is -2.32. The second-order valence-corrected chi connectivity index (χ2v) is 8.95. The normalized spacial score (nSPS) is 11.9. The molecular weight excluding hydrogens is 462 g/mol. The highest BCUT2D eigenvalue weighted by Crippen LogP contribution is 2.26. The smallest absolute Gasteiger partial charge is 0.258 e. The molecule has 0 aliphatic rings. The molecule has 0 aliphatic carbocycles. The molecular formula is C28H30ClN3O3. The molecule has 1 aromatic heterocycles. The van der Waals surface area contributed by atoms with Crippen molar-refractivity contribution in [2.45, 2.75) is 39.8 Å². The summed E-state index contributed by atoms with van der Waals surface area (Å²) in [6.07, 6.45) is 0.784. The Morgan fingerprint density at radius 2 is 1.69 bits per heavy atom. The van der Waals surface area contributed by atoms with E-state index in [2.05, 4.69) is 9.88 Å². The fraction of sp³-hybridized carbons (Fsp3) is 0.286. The summed E-state index contributed by atoms with van der Waals surface area (Å²) in [5.41, 5.74) is 3.94. The van der Waals surface area contributed by atoms with Crippen molar-refractivity contribution in [3.05, 3.63) is 88.7 Å². The number of hydrogen-bond acceptors (Lipinski definition) is 4. The van der Waals surface area contributed by atoms with Crippen LogP contribution in [-0.2, 0) is 11.3 Å². The number of halogens is 1. The number of amides is 1. The second kappa shape index (κ2) is 11.3. The van der Waals surface area contributed by atoms with Crippen LogP contribution in [-0.4, -0.2) is 28.7 Å². The topological polar surface area (TPSA) is 65.4 Å². The lowest BCUT2D eigenvalue weighted by atomic mass is 10.1. The first-order chi connectivity index (χ1) is 16.9. The molecule has 4 rings (SSSR count). The van der Waals surface area contributed by atoms with E-state index in [0.29, 0.717) is 18.9 Å². The molecule has 6 nitrogen and oxygen atoms in total. The van der Waals surface area contributed by atoms with Gasteiger partial charge in [0.1, 0.15) is 17.3 Å². The Kier molecular flexibility index (Phi) is 7.93. The molecule has 4 aromatic rings. The van der Waals surface area contributed by atoms with E-state index in [9.17, 15) is 4.79 Å². The molecule has 0 saturated heterocycles. The van der Waals surface area contributed by atoms with Crippen molar-refractivity contribution in [1.82, 2.24) is 14.9 Å². The summed E-state index contributed by atoms with van der Waals surface area (Å²) in [6, 6.07) is 20.9. The van der Waals surface area contributed by atoms with Crippen LogP contribution in [0.3, 0.4) is 0 Å². The summed E-state index contributed by atoms with van der Waals surface area (Å²) in [5, 5.41) is 3.79. The zero-order chi connectivity index (χ0) is 24.8. The fourth-order valence-electron chi connectivity index (χ4n) is 4.08. The van der Waals surface area contributed by atoms with Crippen LogP contribution in [0, 0.1) is 13.8 Å². The van der Waals surface area contributed by atoms with E-state index in [0.717, 1.165) is 45.2 Å². The average molecular weight is 492 g/mol. The highest BCUT2D eigenvalue weighted by atomic mass is 35.5. The molecule has 0 bridgehead atoms. The van der Waals surface area contributed by atoms with Crippen LogP contribution in [0.1, 0.15) is 36.3 Å². The molecule has 35 heavy (non-hydrogen) atoms. The number of hydrogen-bond donors (Lipinski definition) is 1. The fourth-order valence-corrected chi connectivity index (χ4v) is 4.18. The number of nitrogens with zero attached hydrogens (tertiary/aromatic N) is 2. The van der Waals surface area contributed by atoms with Gasteiger partial charge in [-0.05, 0) is 74.7 Å². The van der Waals surface area contributed by atoms with Gasteiger partial charge in [-0.15, -0.1) is 0 Å². The molecule has 1 heterocycles. The number of benzene rings is 3. The summed E-state index contributed by atoms with van der Waals surface area (Å²) >= 11 is 6.26. The third-order valence-corrected chi connectivity index (χ3v) is 6.36. The second-order valence-electron chi connectivity index (χ2n) is 8.57. The number of carbonyl (C=O) groups is 1. The zero-order valence-corrected chi connectivity index (χ0v) is 21.0. The van der Waals surface area contributed by atoms with Crippen LogP contribution in [0.5, 0.6) is 11.5 Å². The maximum Gasteiger partial charge on any atom is 0.258 e. The number of para-hydroxylation sites is 3. The van der Waals surface area contributed by atoms with Crippen molar-refractivity contribution in [2.75, 3.05) is 13.2 Å². The van der Waals surface area contributed by atoms with Crippen LogP contribution >= 0.6 is 11.6 Å². The van der Waals surface area contributed by atoms with Crippen LogP contribution in [0.25, 0.3) is 11.0 Å². The number of aryl methyl sites for hydroxylation is 3. The minimum Gasteiger partial charge on any atom is -0.494 e. The first kappa shape index (κ1) is 24.6. The van der Waals surface area contributed by atoms with Gasteiger partial charge in [0.25, 0.3) is 5.91 Å². The summed E-state index contributed by atoms with van der Waals surface area (Å²) in [6.45, 7) is 7.11. The Bertz CT molecular complexity index is 1280. The number of aromatic nitrogens is 2. The number of ether oxygens (including phenoxy) is 2. The minimum absolute atomic E-state index is 0.0532. The van der Waals surface area contributed by atoms with Crippen molar-refractivity contribution < 1.29 is 14.3 Å². The lowest BCUT2D eigenvalue weighted by molar-refractivity contribution is -0.123. The Labute approximate surface area is 210 Å². The number of fused-ring (bicyclic) bond motifs is 1. The Hall–Kier alpha value is -3.51. The predicted molar refractivity (Wildman–Crippen MR) is 139 cm³/mol. The van der Waals surface area contributed by atoms with Gasteiger partial charge in [-0.3, -0.25) is 4.79 Å². The highest BCUT2D eigenvalue weighted by Gasteiger charge is 2.18. The van der Waals surface area contributed by atoms with E-state index < -0.39 is 0 Å². The number of nitrogens with one attached hydrogen (secondary N) is 1. The largest absolute Gasteiger partial charge is 0.494 e. The Morgan fingerprint density at radius 1 is 1.00 bits per heavy atom. The Morgan fingerprint density at radius 3 is 2.43 bits per heavy atom. The first-order valence-corrected chi connectivity index (χ1v) is 12.1. The van der Waals surface area contributed by atoms with Crippen molar-refractivity contribution in [3.63, 3.8) is 0 Å². The van der Waals surface area contributed by atoms with Crippen molar-refractivity contribution in [2.24, 2.45) is 0 Å². The molecule has 3 aromatic carbocycles. The molecule has 0 fully saturated rings. The summed E-state index contributed by atoms with van der Waals surface area (Å²) < 4.78 is 13.7. The summed E-state index contributed by atoms with van der Waals surface area (Å²) in [7, 11) is 0.